The van der Waals surface area contributed by atoms with Gasteiger partial charge < -0.3 is 14.4 Å². The Kier molecular flexibility index (Phi) is 5.30. The lowest BCUT2D eigenvalue weighted by Gasteiger charge is -2.36. The van der Waals surface area contributed by atoms with Gasteiger partial charge in [0.1, 0.15) is 16.3 Å². The molecule has 1 aromatic carbocycles. The lowest BCUT2D eigenvalue weighted by molar-refractivity contribution is -0.0858. The summed E-state index contributed by atoms with van der Waals surface area (Å²) in [4.78, 5) is 17.9. The molecule has 0 saturated carbocycles. The summed E-state index contributed by atoms with van der Waals surface area (Å²) in [7, 11) is 0. The van der Waals surface area contributed by atoms with Crippen molar-refractivity contribution >= 4 is 27.4 Å². The summed E-state index contributed by atoms with van der Waals surface area (Å²) in [6.07, 6.45) is 3.88. The minimum Gasteiger partial charge on any atom is -0.355 e. The van der Waals surface area contributed by atoms with Gasteiger partial charge in [-0.15, -0.1) is 11.3 Å². The fourth-order valence-electron chi connectivity index (χ4n) is 4.67. The Morgan fingerprint density at radius 3 is 2.62 bits per heavy atom. The molecule has 0 radical (unpaired) electrons. The van der Waals surface area contributed by atoms with Crippen molar-refractivity contribution in [2.45, 2.75) is 19.1 Å². The van der Waals surface area contributed by atoms with Crippen molar-refractivity contribution in [2.75, 3.05) is 31.2 Å². The number of aromatic nitrogens is 3. The topological polar surface area (TPSA) is 60.4 Å². The van der Waals surface area contributed by atoms with E-state index in [9.17, 15) is 0 Å². The molecule has 3 aromatic heterocycles. The predicted molar refractivity (Wildman–Crippen MR) is 127 cm³/mol. The van der Waals surface area contributed by atoms with Gasteiger partial charge >= 0.3 is 0 Å². The lowest BCUT2D eigenvalue weighted by atomic mass is 9.96. The van der Waals surface area contributed by atoms with E-state index in [-0.39, 0.29) is 6.29 Å². The zero-order valence-corrected chi connectivity index (χ0v) is 18.5. The van der Waals surface area contributed by atoms with Crippen molar-refractivity contribution in [3.8, 4) is 22.6 Å². The van der Waals surface area contributed by atoms with Crippen LogP contribution in [0.5, 0.6) is 0 Å². The number of hydrogen-bond donors (Lipinski definition) is 0. The molecule has 5 heterocycles. The van der Waals surface area contributed by atoms with Gasteiger partial charge in [-0.2, -0.15) is 0 Å². The summed E-state index contributed by atoms with van der Waals surface area (Å²) in [6.45, 7) is 3.19. The van der Waals surface area contributed by atoms with Crippen LogP contribution in [-0.2, 0) is 9.47 Å². The van der Waals surface area contributed by atoms with Crippen LogP contribution in [-0.4, -0.2) is 47.5 Å². The number of benzene rings is 1. The maximum Gasteiger partial charge on any atom is 0.181 e. The van der Waals surface area contributed by atoms with E-state index in [2.05, 4.69) is 39.5 Å². The fraction of sp³-hybridized carbons (Fsp3) is 0.320. The molecule has 2 aliphatic heterocycles. The van der Waals surface area contributed by atoms with E-state index < -0.39 is 0 Å². The zero-order valence-electron chi connectivity index (χ0n) is 17.7. The van der Waals surface area contributed by atoms with Gasteiger partial charge in [0, 0.05) is 36.1 Å². The van der Waals surface area contributed by atoms with E-state index in [1.165, 1.54) is 11.1 Å². The number of thiophene rings is 1. The van der Waals surface area contributed by atoms with Gasteiger partial charge in [0.15, 0.2) is 12.1 Å². The first-order valence-corrected chi connectivity index (χ1v) is 12.0. The highest BCUT2D eigenvalue weighted by molar-refractivity contribution is 7.17. The SMILES string of the molecule is c1ccc(-c2csc3nc(-c4ccccn4)nc(N4CCC[C@H](C5OCCO5)C4)c23)cc1. The second-order valence-electron chi connectivity index (χ2n) is 8.24. The molecule has 162 valence electrons. The van der Waals surface area contributed by atoms with Crippen LogP contribution in [0.4, 0.5) is 5.82 Å². The Hall–Kier alpha value is -2.87. The molecule has 6 nitrogen and oxygen atoms in total. The Balaban J connectivity index is 1.48. The predicted octanol–water partition coefficient (Wildman–Crippen LogP) is 5.01. The summed E-state index contributed by atoms with van der Waals surface area (Å²) in [6, 6.07) is 16.4. The van der Waals surface area contributed by atoms with Gasteiger partial charge in [0.25, 0.3) is 0 Å². The normalized spacial score (nSPS) is 19.6. The first-order chi connectivity index (χ1) is 15.9. The van der Waals surface area contributed by atoms with Crippen LogP contribution in [0.25, 0.3) is 32.9 Å². The average Bonchev–Trinajstić information content (AvgIpc) is 3.55. The highest BCUT2D eigenvalue weighted by atomic mass is 32.1. The fourth-order valence-corrected chi connectivity index (χ4v) is 5.61. The molecule has 0 aliphatic carbocycles. The molecule has 7 heteroatoms. The first kappa shape index (κ1) is 19.8. The number of piperidine rings is 1. The average molecular weight is 445 g/mol. The minimum atomic E-state index is -0.110. The Labute approximate surface area is 190 Å². The number of hydrogen-bond acceptors (Lipinski definition) is 7. The van der Waals surface area contributed by atoms with Crippen molar-refractivity contribution in [2.24, 2.45) is 5.92 Å². The van der Waals surface area contributed by atoms with E-state index >= 15 is 0 Å². The number of rotatable bonds is 4. The summed E-state index contributed by atoms with van der Waals surface area (Å²) >= 11 is 1.67. The highest BCUT2D eigenvalue weighted by Gasteiger charge is 2.33. The third-order valence-corrected chi connectivity index (χ3v) is 7.06. The molecule has 0 spiro atoms. The minimum absolute atomic E-state index is 0.110. The molecule has 6 rings (SSSR count). The van der Waals surface area contributed by atoms with Crippen molar-refractivity contribution in [1.29, 1.82) is 0 Å². The maximum absolute atomic E-state index is 5.85. The van der Waals surface area contributed by atoms with Crippen molar-refractivity contribution in [3.63, 3.8) is 0 Å². The maximum atomic E-state index is 5.85. The van der Waals surface area contributed by atoms with Gasteiger partial charge in [-0.25, -0.2) is 9.97 Å². The molecule has 0 N–H and O–H groups in total. The number of anilines is 1. The highest BCUT2D eigenvalue weighted by Crippen LogP contribution is 2.40. The summed E-state index contributed by atoms with van der Waals surface area (Å²) in [5, 5.41) is 3.32. The second kappa shape index (κ2) is 8.58. The van der Waals surface area contributed by atoms with Crippen LogP contribution in [0.2, 0.25) is 0 Å². The van der Waals surface area contributed by atoms with Gasteiger partial charge in [-0.05, 0) is 30.5 Å². The van der Waals surface area contributed by atoms with Gasteiger partial charge in [-0.1, -0.05) is 36.4 Å². The molecule has 32 heavy (non-hydrogen) atoms. The second-order valence-corrected chi connectivity index (χ2v) is 9.10. The number of pyridine rings is 1. The van der Waals surface area contributed by atoms with Crippen LogP contribution in [0.3, 0.4) is 0 Å². The van der Waals surface area contributed by atoms with E-state index in [0.717, 1.165) is 47.7 Å². The van der Waals surface area contributed by atoms with E-state index in [1.54, 1.807) is 17.5 Å². The van der Waals surface area contributed by atoms with E-state index in [1.807, 2.05) is 24.3 Å². The van der Waals surface area contributed by atoms with Crippen LogP contribution in [0.15, 0.2) is 60.1 Å². The van der Waals surface area contributed by atoms with Gasteiger partial charge in [0.05, 0.1) is 18.6 Å². The standard InChI is InChI=1S/C25H24N4O2S/c1-2-7-17(8-3-1)19-16-32-24-21(19)23(27-22(28-24)20-10-4-5-11-26-20)29-12-6-9-18(15-29)25-30-13-14-31-25/h1-5,7-8,10-11,16,18,25H,6,9,12-15H2/t18-/m0/s1. The third-order valence-electron chi connectivity index (χ3n) is 6.18. The molecule has 0 bridgehead atoms. The smallest absolute Gasteiger partial charge is 0.181 e. The van der Waals surface area contributed by atoms with Crippen LogP contribution in [0, 0.1) is 5.92 Å². The third kappa shape index (κ3) is 3.66. The zero-order chi connectivity index (χ0) is 21.3. The summed E-state index contributed by atoms with van der Waals surface area (Å²) in [5.41, 5.74) is 3.16. The summed E-state index contributed by atoms with van der Waals surface area (Å²) in [5.74, 6) is 2.00. The van der Waals surface area contributed by atoms with Crippen LogP contribution >= 0.6 is 11.3 Å². The van der Waals surface area contributed by atoms with E-state index in [4.69, 9.17) is 19.4 Å². The molecule has 2 fully saturated rings. The van der Waals surface area contributed by atoms with Crippen LogP contribution in [0.1, 0.15) is 12.8 Å². The number of nitrogens with zero attached hydrogens (tertiary/aromatic N) is 4. The Bertz CT molecular complexity index is 1210. The van der Waals surface area contributed by atoms with Crippen molar-refractivity contribution in [3.05, 3.63) is 60.1 Å². The van der Waals surface area contributed by atoms with E-state index in [0.29, 0.717) is 25.0 Å². The van der Waals surface area contributed by atoms with Gasteiger partial charge in [-0.3, -0.25) is 4.98 Å². The largest absolute Gasteiger partial charge is 0.355 e. The Morgan fingerprint density at radius 2 is 1.81 bits per heavy atom. The summed E-state index contributed by atoms with van der Waals surface area (Å²) < 4.78 is 11.7. The quantitative estimate of drug-likeness (QED) is 0.441. The first-order valence-electron chi connectivity index (χ1n) is 11.1. The Morgan fingerprint density at radius 1 is 0.969 bits per heavy atom. The molecule has 1 atom stereocenters. The number of ether oxygens (including phenoxy) is 2. The molecule has 0 amide bonds. The molecular weight excluding hydrogens is 420 g/mol. The van der Waals surface area contributed by atoms with Gasteiger partial charge in [0.2, 0.25) is 0 Å². The van der Waals surface area contributed by atoms with Crippen LogP contribution < -0.4 is 4.90 Å². The van der Waals surface area contributed by atoms with Crippen molar-refractivity contribution < 1.29 is 9.47 Å². The molecule has 0 unspecified atom stereocenters. The van der Waals surface area contributed by atoms with Crippen molar-refractivity contribution in [1.82, 2.24) is 15.0 Å². The molecule has 2 saturated heterocycles. The molecule has 2 aliphatic rings. The molecular formula is C25H24N4O2S. The monoisotopic (exact) mass is 444 g/mol. The lowest BCUT2D eigenvalue weighted by Crippen LogP contribution is -2.41. The number of fused-ring (bicyclic) bond motifs is 1. The molecule has 4 aromatic rings.